The number of benzene rings is 1. The Bertz CT molecular complexity index is 2290. The number of methoxy groups -OCH3 is 1. The highest BCUT2D eigenvalue weighted by Gasteiger charge is 2.68. The number of ether oxygens (including phenoxy) is 3. The molecule has 4 aliphatic carbocycles. The van der Waals surface area contributed by atoms with Crippen molar-refractivity contribution in [2.45, 2.75) is 146 Å². The average molecular weight is 909 g/mol. The second kappa shape index (κ2) is 15.9. The molecular formula is C43H56F4N6O9S. The second-order valence-electron chi connectivity index (χ2n) is 19.8. The summed E-state index contributed by atoms with van der Waals surface area (Å²) in [7, 11) is -2.89. The maximum atomic E-state index is 16.6. The average Bonchev–Trinajstić information content (AvgIpc) is 4.17. The number of halogens is 4. The van der Waals surface area contributed by atoms with E-state index in [2.05, 4.69) is 20.6 Å². The molecule has 0 radical (unpaired) electrons. The smallest absolute Gasteiger partial charge is 0.408 e. The Morgan fingerprint density at radius 3 is 2.40 bits per heavy atom. The van der Waals surface area contributed by atoms with Crippen LogP contribution in [0.5, 0.6) is 11.6 Å². The molecule has 2 bridgehead atoms. The van der Waals surface area contributed by atoms with Gasteiger partial charge in [-0.1, -0.05) is 34.1 Å². The van der Waals surface area contributed by atoms with Crippen molar-refractivity contribution >= 4 is 44.9 Å². The highest BCUT2D eigenvalue weighted by molar-refractivity contribution is 7.91. The molecule has 346 valence electrons. The summed E-state index contributed by atoms with van der Waals surface area (Å²) in [6.07, 6.45) is -3.77. The maximum Gasteiger partial charge on any atom is 0.408 e. The number of aromatic nitrogens is 2. The predicted molar refractivity (Wildman–Crippen MR) is 218 cm³/mol. The van der Waals surface area contributed by atoms with Gasteiger partial charge < -0.3 is 29.7 Å². The van der Waals surface area contributed by atoms with Crippen LogP contribution in [-0.4, -0.2) is 102 Å². The lowest BCUT2D eigenvalue weighted by molar-refractivity contribution is -0.144. The zero-order chi connectivity index (χ0) is 45.6. The Labute approximate surface area is 363 Å². The first-order valence-electron chi connectivity index (χ1n) is 21.9. The molecule has 15 nitrogen and oxygen atoms in total. The van der Waals surface area contributed by atoms with Gasteiger partial charge in [-0.2, -0.15) is 8.78 Å². The van der Waals surface area contributed by atoms with E-state index in [1.165, 1.54) is 26.2 Å². The molecule has 1 aromatic carbocycles. The van der Waals surface area contributed by atoms with Crippen molar-refractivity contribution in [3.05, 3.63) is 23.9 Å². The van der Waals surface area contributed by atoms with E-state index in [1.807, 2.05) is 4.72 Å². The number of alkyl halides is 4. The fourth-order valence-electron chi connectivity index (χ4n) is 10.1. The third kappa shape index (κ3) is 8.37. The normalized spacial score (nSPS) is 33.6. The molecule has 20 heteroatoms. The molecule has 5 fully saturated rings. The number of hydrogen-bond acceptors (Lipinski definition) is 11. The van der Waals surface area contributed by atoms with Crippen molar-refractivity contribution in [1.29, 1.82) is 0 Å². The number of fused-ring (bicyclic) bond motifs is 7. The molecular weight excluding hydrogens is 853 g/mol. The van der Waals surface area contributed by atoms with Gasteiger partial charge in [-0.05, 0) is 93.6 Å². The lowest BCUT2D eigenvalue weighted by atomic mass is 9.85. The van der Waals surface area contributed by atoms with Gasteiger partial charge in [0.05, 0.1) is 35.4 Å². The predicted octanol–water partition coefficient (Wildman–Crippen LogP) is 5.59. The molecule has 1 saturated heterocycles. The van der Waals surface area contributed by atoms with Crippen molar-refractivity contribution < 1.29 is 59.4 Å². The number of hydrogen-bond donors (Lipinski definition) is 3. The lowest BCUT2D eigenvalue weighted by Gasteiger charge is -2.36. The van der Waals surface area contributed by atoms with E-state index in [0.717, 1.165) is 11.3 Å². The van der Waals surface area contributed by atoms with Crippen LogP contribution in [0.15, 0.2) is 18.2 Å². The maximum absolute atomic E-state index is 16.6. The Hall–Kier alpha value is -4.49. The van der Waals surface area contributed by atoms with Crippen molar-refractivity contribution in [3.8, 4) is 11.6 Å². The number of amides is 4. The summed E-state index contributed by atoms with van der Waals surface area (Å²) < 4.78 is 107. The van der Waals surface area contributed by atoms with Crippen molar-refractivity contribution in [3.63, 3.8) is 0 Å². The van der Waals surface area contributed by atoms with E-state index in [0.29, 0.717) is 36.8 Å². The molecule has 6 aliphatic rings. The third-order valence-corrected chi connectivity index (χ3v) is 16.6. The quantitative estimate of drug-likeness (QED) is 0.280. The van der Waals surface area contributed by atoms with E-state index < -0.39 is 129 Å². The molecule has 1 aromatic heterocycles. The van der Waals surface area contributed by atoms with Gasteiger partial charge in [-0.15, -0.1) is 0 Å². The van der Waals surface area contributed by atoms with Crippen LogP contribution >= 0.6 is 0 Å². The van der Waals surface area contributed by atoms with Crippen molar-refractivity contribution in [1.82, 2.24) is 30.2 Å². The number of nitrogens with zero attached hydrogens (tertiary/aromatic N) is 3. The number of nitrogens with one attached hydrogen (secondary N) is 3. The van der Waals surface area contributed by atoms with Gasteiger partial charge in [0.1, 0.15) is 35.6 Å². The number of carbonyl (C=O) groups excluding carboxylic acids is 4. The van der Waals surface area contributed by atoms with Crippen LogP contribution in [0, 0.1) is 35.0 Å². The van der Waals surface area contributed by atoms with Crippen LogP contribution < -0.4 is 24.8 Å². The third-order valence-electron chi connectivity index (χ3n) is 14.4. The molecule has 3 N–H and O–H groups in total. The topological polar surface area (TPSA) is 195 Å². The number of sulfonamides is 1. The van der Waals surface area contributed by atoms with Crippen LogP contribution in [-0.2, 0) is 35.1 Å². The van der Waals surface area contributed by atoms with Crippen molar-refractivity contribution in [2.24, 2.45) is 35.0 Å². The zero-order valence-corrected chi connectivity index (χ0v) is 37.0. The Balaban J connectivity index is 1.20. The van der Waals surface area contributed by atoms with Gasteiger partial charge in [0.25, 0.3) is 11.8 Å². The van der Waals surface area contributed by atoms with Gasteiger partial charge in [0, 0.05) is 18.4 Å². The summed E-state index contributed by atoms with van der Waals surface area (Å²) in [6.45, 7) is 7.71. The monoisotopic (exact) mass is 908 g/mol. The second-order valence-corrected chi connectivity index (χ2v) is 22.0. The van der Waals surface area contributed by atoms with Crippen molar-refractivity contribution in [2.75, 3.05) is 13.7 Å². The highest BCUT2D eigenvalue weighted by Crippen LogP contribution is 2.58. The van der Waals surface area contributed by atoms with Crippen LogP contribution in [0.25, 0.3) is 11.0 Å². The van der Waals surface area contributed by atoms with E-state index in [9.17, 15) is 31.6 Å². The standard InChI is InChI=1S/C43H56F4N6O9S/c1-7-23-30-20-53(31(23)35(54)51-42(19-26(42)34(44)45)38(56)52-63(58,59)41(5)14-15-41)37(55)33(40(2,3)4)50-39(57)62-29-17-21-16-25(21)24(29)10-8-9-13-43(46,47)32-36(61-30)49-28-18-22(60-6)11-12-27(28)48-32/h11-12,18,21,23-26,29-31,33-34H,7-10,13-17,19-20H2,1-6H3,(H,50,57)(H,51,54)(H,52,56)/t21?,23-,24-,25+,26+,29-,30+,31+,33-,42-/m1/s1. The Morgan fingerprint density at radius 1 is 1.03 bits per heavy atom. The van der Waals surface area contributed by atoms with Crippen LogP contribution in [0.4, 0.5) is 22.4 Å². The summed E-state index contributed by atoms with van der Waals surface area (Å²) in [5.74, 6) is -9.17. The summed E-state index contributed by atoms with van der Waals surface area (Å²) in [4.78, 5) is 67.3. The molecule has 8 rings (SSSR count). The molecule has 1 unspecified atom stereocenters. The van der Waals surface area contributed by atoms with E-state index in [-0.39, 0.29) is 42.6 Å². The van der Waals surface area contributed by atoms with Crippen LogP contribution in [0.3, 0.4) is 0 Å². The summed E-state index contributed by atoms with van der Waals surface area (Å²) in [5.41, 5.74) is -3.81. The van der Waals surface area contributed by atoms with Gasteiger partial charge >= 0.3 is 6.09 Å². The minimum Gasteiger partial charge on any atom is -0.497 e. The Kier molecular flexibility index (Phi) is 11.4. The van der Waals surface area contributed by atoms with E-state index in [4.69, 9.17) is 14.2 Å². The lowest BCUT2D eigenvalue weighted by Crippen LogP contribution is -2.61. The fourth-order valence-corrected chi connectivity index (χ4v) is 11.4. The van der Waals surface area contributed by atoms with E-state index in [1.54, 1.807) is 33.8 Å². The fraction of sp³-hybridized carbons (Fsp3) is 0.721. The summed E-state index contributed by atoms with van der Waals surface area (Å²) in [5, 5.41) is 5.17. The van der Waals surface area contributed by atoms with Crippen LogP contribution in [0.2, 0.25) is 0 Å². The van der Waals surface area contributed by atoms with Gasteiger partial charge in [-0.25, -0.2) is 32.0 Å². The van der Waals surface area contributed by atoms with Gasteiger partial charge in [0.2, 0.25) is 34.1 Å². The molecule has 0 spiro atoms. The summed E-state index contributed by atoms with van der Waals surface area (Å²) >= 11 is 0. The molecule has 2 aromatic rings. The number of rotatable bonds is 8. The SMILES string of the molecule is CC[C@@H]1[C@@H]2CN(C(=O)[C@H](C(C)(C)C)NC(=O)O[C@@H]3CC4C[C@@H]4[C@H]3CCCCC(F)(F)c3nc4ccc(OC)cc4nc3O2)[C@@H]1C(=O)N[C@]1(C(=O)NS(=O)(=O)C2(C)CC2)C[C@H]1C(F)F. The molecule has 10 atom stereocenters. The highest BCUT2D eigenvalue weighted by atomic mass is 32.2. The molecule has 3 heterocycles. The molecule has 4 saturated carbocycles. The number of alkyl carbamates (subject to hydrolysis) is 1. The first-order chi connectivity index (χ1) is 29.5. The van der Waals surface area contributed by atoms with Gasteiger partial charge in [0.15, 0.2) is 5.69 Å². The minimum atomic E-state index is -4.32. The molecule has 4 amide bonds. The first kappa shape index (κ1) is 45.1. The minimum absolute atomic E-state index is 0.0539. The molecule has 2 aliphatic heterocycles. The first-order valence-corrected chi connectivity index (χ1v) is 23.4. The van der Waals surface area contributed by atoms with Gasteiger partial charge in [-0.3, -0.25) is 19.1 Å². The molecule has 63 heavy (non-hydrogen) atoms. The number of carbonyl (C=O) groups is 4. The Morgan fingerprint density at radius 2 is 1.76 bits per heavy atom. The largest absolute Gasteiger partial charge is 0.497 e. The van der Waals surface area contributed by atoms with Crippen LogP contribution in [0.1, 0.15) is 105 Å². The zero-order valence-electron chi connectivity index (χ0n) is 36.2. The van der Waals surface area contributed by atoms with E-state index >= 15 is 13.6 Å². The summed E-state index contributed by atoms with van der Waals surface area (Å²) in [6, 6.07) is 1.62.